The minimum absolute atomic E-state index is 0.0191. The Hall–Kier alpha value is -1.63. The van der Waals surface area contributed by atoms with Crippen LogP contribution in [0.4, 0.5) is 4.39 Å². The first-order valence-electron chi connectivity index (χ1n) is 7.20. The van der Waals surface area contributed by atoms with Crippen molar-refractivity contribution in [2.75, 3.05) is 25.6 Å². The molecule has 7 heteroatoms. The maximum absolute atomic E-state index is 13.5. The van der Waals surface area contributed by atoms with E-state index in [1.54, 1.807) is 25.2 Å². The molecule has 1 rings (SSSR count). The Morgan fingerprint density at radius 2 is 2.05 bits per heavy atom. The zero-order valence-electron chi connectivity index (χ0n) is 13.3. The van der Waals surface area contributed by atoms with Crippen molar-refractivity contribution >= 4 is 15.8 Å². The molecule has 0 aliphatic rings. The molecule has 0 saturated carbocycles. The lowest BCUT2D eigenvalue weighted by Gasteiger charge is -2.17. The highest BCUT2D eigenvalue weighted by Crippen LogP contribution is 2.06. The summed E-state index contributed by atoms with van der Waals surface area (Å²) >= 11 is 0. The second-order valence-electron chi connectivity index (χ2n) is 5.30. The number of halogens is 1. The Kier molecular flexibility index (Phi) is 7.31. The van der Waals surface area contributed by atoms with Crippen LogP contribution >= 0.6 is 0 Å². The standard InChI is InChI=1S/C15H24FN3O2S/c1-12(9-11-22(3,20)21)19-15(17-2)18-10-8-13-6-4-5-7-14(13)16/h4-7,12H,8-11H2,1-3H3,(H2,17,18,19). The quantitative estimate of drug-likeness (QED) is 0.585. The van der Waals surface area contributed by atoms with Crippen LogP contribution in [-0.4, -0.2) is 46.0 Å². The summed E-state index contributed by atoms with van der Waals surface area (Å²) in [5.74, 6) is 0.499. The van der Waals surface area contributed by atoms with Crippen molar-refractivity contribution in [3.8, 4) is 0 Å². The van der Waals surface area contributed by atoms with Gasteiger partial charge in [-0.1, -0.05) is 18.2 Å². The Morgan fingerprint density at radius 1 is 1.36 bits per heavy atom. The normalized spacial score (nSPS) is 13.7. The number of nitrogens with zero attached hydrogens (tertiary/aromatic N) is 1. The topological polar surface area (TPSA) is 70.6 Å². The van der Waals surface area contributed by atoms with Gasteiger partial charge in [0.15, 0.2) is 5.96 Å². The highest BCUT2D eigenvalue weighted by molar-refractivity contribution is 7.90. The maximum atomic E-state index is 13.5. The van der Waals surface area contributed by atoms with Crippen molar-refractivity contribution in [3.63, 3.8) is 0 Å². The van der Waals surface area contributed by atoms with Gasteiger partial charge in [0.1, 0.15) is 15.7 Å². The molecular weight excluding hydrogens is 305 g/mol. The number of aliphatic imine (C=N–C) groups is 1. The number of hydrogen-bond donors (Lipinski definition) is 2. The van der Waals surface area contributed by atoms with Crippen molar-refractivity contribution in [2.24, 2.45) is 4.99 Å². The number of rotatable bonds is 7. The molecule has 124 valence electrons. The summed E-state index contributed by atoms with van der Waals surface area (Å²) in [4.78, 5) is 4.08. The van der Waals surface area contributed by atoms with Crippen LogP contribution < -0.4 is 10.6 Å². The highest BCUT2D eigenvalue weighted by Gasteiger charge is 2.09. The monoisotopic (exact) mass is 329 g/mol. The van der Waals surface area contributed by atoms with E-state index in [0.717, 1.165) is 0 Å². The highest BCUT2D eigenvalue weighted by atomic mass is 32.2. The fourth-order valence-electron chi connectivity index (χ4n) is 1.91. The van der Waals surface area contributed by atoms with Crippen molar-refractivity contribution in [2.45, 2.75) is 25.8 Å². The molecule has 1 atom stereocenters. The van der Waals surface area contributed by atoms with Crippen LogP contribution in [0.15, 0.2) is 29.3 Å². The zero-order valence-corrected chi connectivity index (χ0v) is 14.1. The van der Waals surface area contributed by atoms with Gasteiger partial charge in [-0.25, -0.2) is 12.8 Å². The van der Waals surface area contributed by atoms with Crippen LogP contribution in [0.5, 0.6) is 0 Å². The second kappa shape index (κ2) is 8.73. The van der Waals surface area contributed by atoms with Gasteiger partial charge in [0.25, 0.3) is 0 Å². The predicted octanol–water partition coefficient (Wildman–Crippen LogP) is 1.36. The lowest BCUT2D eigenvalue weighted by atomic mass is 10.1. The first kappa shape index (κ1) is 18.4. The van der Waals surface area contributed by atoms with Gasteiger partial charge >= 0.3 is 0 Å². The number of sulfone groups is 1. The molecule has 0 fully saturated rings. The molecule has 22 heavy (non-hydrogen) atoms. The van der Waals surface area contributed by atoms with E-state index in [-0.39, 0.29) is 17.6 Å². The van der Waals surface area contributed by atoms with E-state index in [9.17, 15) is 12.8 Å². The summed E-state index contributed by atoms with van der Waals surface area (Å²) < 4.78 is 35.8. The first-order chi connectivity index (χ1) is 10.3. The average Bonchev–Trinajstić information content (AvgIpc) is 2.45. The molecule has 5 nitrogen and oxygen atoms in total. The summed E-state index contributed by atoms with van der Waals surface area (Å²) in [6.45, 7) is 2.44. The molecule has 1 aromatic rings. The molecule has 2 N–H and O–H groups in total. The van der Waals surface area contributed by atoms with Gasteiger partial charge < -0.3 is 10.6 Å². The molecule has 0 bridgehead atoms. The van der Waals surface area contributed by atoms with Crippen molar-refractivity contribution < 1.29 is 12.8 Å². The van der Waals surface area contributed by atoms with Crippen LogP contribution in [-0.2, 0) is 16.3 Å². The van der Waals surface area contributed by atoms with Gasteiger partial charge in [0.2, 0.25) is 0 Å². The van der Waals surface area contributed by atoms with Gasteiger partial charge in [0, 0.05) is 25.9 Å². The number of nitrogens with one attached hydrogen (secondary N) is 2. The molecule has 1 aromatic carbocycles. The van der Waals surface area contributed by atoms with E-state index < -0.39 is 9.84 Å². The molecule has 0 saturated heterocycles. The Bertz CT molecular complexity index is 603. The van der Waals surface area contributed by atoms with Crippen LogP contribution in [0.3, 0.4) is 0 Å². The third-order valence-corrected chi connectivity index (χ3v) is 4.15. The van der Waals surface area contributed by atoms with E-state index in [1.165, 1.54) is 12.3 Å². The lowest BCUT2D eigenvalue weighted by Crippen LogP contribution is -2.43. The third-order valence-electron chi connectivity index (χ3n) is 3.17. The predicted molar refractivity (Wildman–Crippen MR) is 88.4 cm³/mol. The molecule has 0 aromatic heterocycles. The van der Waals surface area contributed by atoms with E-state index in [4.69, 9.17) is 0 Å². The molecule has 0 aliphatic heterocycles. The van der Waals surface area contributed by atoms with Crippen LogP contribution in [0.1, 0.15) is 18.9 Å². The molecule has 0 heterocycles. The molecular formula is C15H24FN3O2S. The second-order valence-corrected chi connectivity index (χ2v) is 7.56. The Morgan fingerprint density at radius 3 is 2.64 bits per heavy atom. The number of guanidine groups is 1. The largest absolute Gasteiger partial charge is 0.356 e. The molecule has 0 radical (unpaired) electrons. The van der Waals surface area contributed by atoms with Crippen LogP contribution in [0.25, 0.3) is 0 Å². The maximum Gasteiger partial charge on any atom is 0.191 e. The summed E-state index contributed by atoms with van der Waals surface area (Å²) in [6, 6.07) is 6.64. The molecule has 0 spiro atoms. The number of hydrogen-bond acceptors (Lipinski definition) is 3. The Balaban J connectivity index is 2.38. The van der Waals surface area contributed by atoms with E-state index in [1.807, 2.05) is 6.92 Å². The number of benzene rings is 1. The summed E-state index contributed by atoms with van der Waals surface area (Å²) in [5.41, 5.74) is 0.649. The summed E-state index contributed by atoms with van der Waals surface area (Å²) in [7, 11) is -1.32. The van der Waals surface area contributed by atoms with Gasteiger partial charge in [0.05, 0.1) is 5.75 Å². The van der Waals surface area contributed by atoms with Crippen LogP contribution in [0, 0.1) is 5.82 Å². The van der Waals surface area contributed by atoms with Crippen molar-refractivity contribution in [1.82, 2.24) is 10.6 Å². The Labute approximate surface area is 132 Å². The van der Waals surface area contributed by atoms with E-state index >= 15 is 0 Å². The van der Waals surface area contributed by atoms with Gasteiger partial charge in [-0.05, 0) is 31.4 Å². The smallest absolute Gasteiger partial charge is 0.191 e. The summed E-state index contributed by atoms with van der Waals surface area (Å²) in [6.07, 6.45) is 2.28. The van der Waals surface area contributed by atoms with Gasteiger partial charge in [-0.15, -0.1) is 0 Å². The average molecular weight is 329 g/mol. The molecule has 1 unspecified atom stereocenters. The zero-order chi connectivity index (χ0) is 16.6. The summed E-state index contributed by atoms with van der Waals surface area (Å²) in [5, 5.41) is 6.22. The molecule has 0 aliphatic carbocycles. The minimum atomic E-state index is -2.96. The lowest BCUT2D eigenvalue weighted by molar-refractivity contribution is 0.580. The van der Waals surface area contributed by atoms with E-state index in [0.29, 0.717) is 30.9 Å². The van der Waals surface area contributed by atoms with Crippen molar-refractivity contribution in [3.05, 3.63) is 35.6 Å². The third kappa shape index (κ3) is 7.40. The SMILES string of the molecule is CN=C(NCCc1ccccc1F)NC(C)CCS(C)(=O)=O. The van der Waals surface area contributed by atoms with Gasteiger partial charge in [-0.2, -0.15) is 0 Å². The van der Waals surface area contributed by atoms with Crippen molar-refractivity contribution in [1.29, 1.82) is 0 Å². The fourth-order valence-corrected chi connectivity index (χ4v) is 2.69. The molecule has 0 amide bonds. The van der Waals surface area contributed by atoms with Gasteiger partial charge in [-0.3, -0.25) is 4.99 Å². The van der Waals surface area contributed by atoms with Crippen LogP contribution in [0.2, 0.25) is 0 Å². The fraction of sp³-hybridized carbons (Fsp3) is 0.533. The minimum Gasteiger partial charge on any atom is -0.356 e. The van der Waals surface area contributed by atoms with E-state index in [2.05, 4.69) is 15.6 Å². The first-order valence-corrected chi connectivity index (χ1v) is 9.26.